The number of nitrogens with two attached hydrogens (primary N) is 1. The van der Waals surface area contributed by atoms with E-state index >= 15 is 0 Å². The minimum Gasteiger partial charge on any atom is -0.328 e. The van der Waals surface area contributed by atoms with E-state index in [4.69, 9.17) is 5.73 Å². The third kappa shape index (κ3) is 2.31. The fourth-order valence-corrected chi connectivity index (χ4v) is 1.08. The molecule has 1 aromatic rings. The highest BCUT2D eigenvalue weighted by Gasteiger charge is 2.00. The van der Waals surface area contributed by atoms with Crippen LogP contribution in [0.5, 0.6) is 0 Å². The molecule has 0 saturated heterocycles. The largest absolute Gasteiger partial charge is 0.328 e. The lowest BCUT2D eigenvalue weighted by molar-refractivity contribution is 0.731. The Bertz CT molecular complexity index is 231. The summed E-state index contributed by atoms with van der Waals surface area (Å²) < 4.78 is 0. The highest BCUT2D eigenvalue weighted by atomic mass is 14.7. The summed E-state index contributed by atoms with van der Waals surface area (Å²) in [5.41, 5.74) is 8.01. The summed E-state index contributed by atoms with van der Waals surface area (Å²) in [6.45, 7) is 4.02. The predicted octanol–water partition coefficient (Wildman–Crippen LogP) is 1.28. The molecule has 2 nitrogen and oxygen atoms in total. The van der Waals surface area contributed by atoms with Crippen molar-refractivity contribution in [1.29, 1.82) is 0 Å². The third-order valence-corrected chi connectivity index (χ3v) is 1.66. The number of aromatic nitrogens is 1. The number of hydrogen-bond donors (Lipinski definition) is 1. The first-order chi connectivity index (χ1) is 5.20. The molecule has 0 aliphatic rings. The summed E-state index contributed by atoms with van der Waals surface area (Å²) >= 11 is 0. The summed E-state index contributed by atoms with van der Waals surface area (Å²) in [6, 6.07) is 4.24. The van der Waals surface area contributed by atoms with E-state index in [1.54, 1.807) is 6.20 Å². The van der Waals surface area contributed by atoms with Gasteiger partial charge >= 0.3 is 0 Å². The zero-order valence-corrected chi connectivity index (χ0v) is 7.04. The van der Waals surface area contributed by atoms with Gasteiger partial charge in [-0.25, -0.2) is 0 Å². The SMILES string of the molecule is Cc1ncccc1CC(C)N. The van der Waals surface area contributed by atoms with Gasteiger partial charge in [0.15, 0.2) is 0 Å². The van der Waals surface area contributed by atoms with Gasteiger partial charge in [-0.2, -0.15) is 0 Å². The Morgan fingerprint density at radius 3 is 2.91 bits per heavy atom. The maximum atomic E-state index is 5.67. The molecular weight excluding hydrogens is 136 g/mol. The van der Waals surface area contributed by atoms with Gasteiger partial charge in [0.1, 0.15) is 0 Å². The summed E-state index contributed by atoms with van der Waals surface area (Å²) in [5.74, 6) is 0. The number of pyridine rings is 1. The molecule has 0 spiro atoms. The van der Waals surface area contributed by atoms with Gasteiger partial charge in [-0.05, 0) is 31.9 Å². The van der Waals surface area contributed by atoms with Crippen molar-refractivity contribution in [2.75, 3.05) is 0 Å². The second-order valence-corrected chi connectivity index (χ2v) is 2.93. The van der Waals surface area contributed by atoms with Crippen LogP contribution in [0.15, 0.2) is 18.3 Å². The Balaban J connectivity index is 2.78. The molecule has 1 heterocycles. The van der Waals surface area contributed by atoms with E-state index in [0.29, 0.717) is 0 Å². The van der Waals surface area contributed by atoms with Crippen molar-refractivity contribution < 1.29 is 0 Å². The summed E-state index contributed by atoms with van der Waals surface area (Å²) in [7, 11) is 0. The summed E-state index contributed by atoms with van der Waals surface area (Å²) in [6.07, 6.45) is 2.72. The lowest BCUT2D eigenvalue weighted by atomic mass is 10.1. The molecule has 2 heteroatoms. The molecule has 1 rings (SSSR count). The molecule has 0 aliphatic carbocycles. The molecule has 1 atom stereocenters. The van der Waals surface area contributed by atoms with Gasteiger partial charge in [0.2, 0.25) is 0 Å². The van der Waals surface area contributed by atoms with E-state index in [1.807, 2.05) is 19.9 Å². The predicted molar refractivity (Wildman–Crippen MR) is 46.3 cm³/mol. The van der Waals surface area contributed by atoms with Crippen LogP contribution in [0.2, 0.25) is 0 Å². The third-order valence-electron chi connectivity index (χ3n) is 1.66. The Morgan fingerprint density at radius 1 is 1.64 bits per heavy atom. The van der Waals surface area contributed by atoms with Gasteiger partial charge in [0.05, 0.1) is 0 Å². The fraction of sp³-hybridized carbons (Fsp3) is 0.444. The summed E-state index contributed by atoms with van der Waals surface area (Å²) in [4.78, 5) is 4.18. The molecule has 0 aromatic carbocycles. The average Bonchev–Trinajstić information content (AvgIpc) is 1.93. The van der Waals surface area contributed by atoms with Gasteiger partial charge in [-0.3, -0.25) is 4.98 Å². The van der Waals surface area contributed by atoms with Gasteiger partial charge in [0, 0.05) is 17.9 Å². The lowest BCUT2D eigenvalue weighted by Gasteiger charge is -2.06. The topological polar surface area (TPSA) is 38.9 Å². The molecule has 0 amide bonds. The van der Waals surface area contributed by atoms with Crippen LogP contribution in [0.3, 0.4) is 0 Å². The first-order valence-electron chi connectivity index (χ1n) is 3.86. The number of nitrogens with zero attached hydrogens (tertiary/aromatic N) is 1. The Hall–Kier alpha value is -0.890. The van der Waals surface area contributed by atoms with Crippen molar-refractivity contribution in [2.24, 2.45) is 5.73 Å². The maximum absolute atomic E-state index is 5.67. The number of hydrogen-bond acceptors (Lipinski definition) is 2. The minimum absolute atomic E-state index is 0.220. The normalized spacial score (nSPS) is 13.0. The zero-order valence-electron chi connectivity index (χ0n) is 7.04. The van der Waals surface area contributed by atoms with E-state index in [2.05, 4.69) is 11.1 Å². The van der Waals surface area contributed by atoms with Crippen LogP contribution in [0.4, 0.5) is 0 Å². The second kappa shape index (κ2) is 3.49. The van der Waals surface area contributed by atoms with Crippen molar-refractivity contribution in [3.63, 3.8) is 0 Å². The molecule has 11 heavy (non-hydrogen) atoms. The van der Waals surface area contributed by atoms with Gasteiger partial charge < -0.3 is 5.73 Å². The average molecular weight is 150 g/mol. The first-order valence-corrected chi connectivity index (χ1v) is 3.86. The molecule has 0 radical (unpaired) electrons. The van der Waals surface area contributed by atoms with Crippen LogP contribution in [0.25, 0.3) is 0 Å². The Morgan fingerprint density at radius 2 is 2.36 bits per heavy atom. The van der Waals surface area contributed by atoms with Gasteiger partial charge in [-0.1, -0.05) is 6.07 Å². The Kier molecular flexibility index (Phi) is 2.60. The standard InChI is InChI=1S/C9H14N2/c1-7(10)6-9-4-3-5-11-8(9)2/h3-5,7H,6,10H2,1-2H3. The quantitative estimate of drug-likeness (QED) is 0.689. The molecule has 1 aromatic heterocycles. The van der Waals surface area contributed by atoms with E-state index in [9.17, 15) is 0 Å². The maximum Gasteiger partial charge on any atom is 0.0405 e. The molecule has 0 fully saturated rings. The van der Waals surface area contributed by atoms with E-state index < -0.39 is 0 Å². The van der Waals surface area contributed by atoms with Crippen molar-refractivity contribution in [3.8, 4) is 0 Å². The van der Waals surface area contributed by atoms with Crippen LogP contribution in [0.1, 0.15) is 18.2 Å². The van der Waals surface area contributed by atoms with E-state index in [1.165, 1.54) is 5.56 Å². The van der Waals surface area contributed by atoms with Gasteiger partial charge in [-0.15, -0.1) is 0 Å². The lowest BCUT2D eigenvalue weighted by Crippen LogP contribution is -2.18. The number of rotatable bonds is 2. The molecule has 2 N–H and O–H groups in total. The van der Waals surface area contributed by atoms with Crippen LogP contribution in [0, 0.1) is 6.92 Å². The van der Waals surface area contributed by atoms with Crippen molar-refractivity contribution >= 4 is 0 Å². The molecule has 1 unspecified atom stereocenters. The number of aryl methyl sites for hydroxylation is 1. The molecule has 0 saturated carbocycles. The smallest absolute Gasteiger partial charge is 0.0405 e. The van der Waals surface area contributed by atoms with Crippen molar-refractivity contribution in [1.82, 2.24) is 4.98 Å². The van der Waals surface area contributed by atoms with E-state index in [0.717, 1.165) is 12.1 Å². The van der Waals surface area contributed by atoms with Crippen LogP contribution < -0.4 is 5.73 Å². The van der Waals surface area contributed by atoms with E-state index in [-0.39, 0.29) is 6.04 Å². The first kappa shape index (κ1) is 8.21. The van der Waals surface area contributed by atoms with Crippen LogP contribution in [-0.4, -0.2) is 11.0 Å². The highest BCUT2D eigenvalue weighted by Crippen LogP contribution is 2.05. The fourth-order valence-electron chi connectivity index (χ4n) is 1.08. The molecule has 0 bridgehead atoms. The Labute approximate surface area is 67.5 Å². The van der Waals surface area contributed by atoms with Crippen molar-refractivity contribution in [2.45, 2.75) is 26.3 Å². The molecule has 0 aliphatic heterocycles. The summed E-state index contributed by atoms with van der Waals surface area (Å²) in [5, 5.41) is 0. The minimum atomic E-state index is 0.220. The van der Waals surface area contributed by atoms with Crippen molar-refractivity contribution in [3.05, 3.63) is 29.6 Å². The zero-order chi connectivity index (χ0) is 8.27. The molecule has 60 valence electrons. The van der Waals surface area contributed by atoms with Crippen LogP contribution >= 0.6 is 0 Å². The second-order valence-electron chi connectivity index (χ2n) is 2.93. The highest BCUT2D eigenvalue weighted by molar-refractivity contribution is 5.18. The van der Waals surface area contributed by atoms with Gasteiger partial charge in [0.25, 0.3) is 0 Å². The monoisotopic (exact) mass is 150 g/mol. The van der Waals surface area contributed by atoms with Crippen LogP contribution in [-0.2, 0) is 6.42 Å². The molecular formula is C9H14N2.